The molecule has 0 spiro atoms. The van der Waals surface area contributed by atoms with Crippen LogP contribution >= 0.6 is 11.6 Å². The molecule has 0 aromatic heterocycles. The Morgan fingerprint density at radius 2 is 2.14 bits per heavy atom. The van der Waals surface area contributed by atoms with Crippen LogP contribution in [0.15, 0.2) is 42.5 Å². The van der Waals surface area contributed by atoms with Gasteiger partial charge in [0.1, 0.15) is 11.6 Å². The number of hydrogen-bond donors (Lipinski definition) is 1. The zero-order valence-electron chi connectivity index (χ0n) is 16.7. The lowest BCUT2D eigenvalue weighted by Gasteiger charge is -2.38. The lowest BCUT2D eigenvalue weighted by molar-refractivity contribution is -0.0346. The van der Waals surface area contributed by atoms with Crippen molar-refractivity contribution in [3.63, 3.8) is 0 Å². The van der Waals surface area contributed by atoms with E-state index in [0.717, 1.165) is 0 Å². The van der Waals surface area contributed by atoms with Gasteiger partial charge in [-0.05, 0) is 38.1 Å². The van der Waals surface area contributed by atoms with Crippen molar-refractivity contribution in [3.05, 3.63) is 64.4 Å². The molecule has 2 aromatic carbocycles. The zero-order valence-corrected chi connectivity index (χ0v) is 17.4. The van der Waals surface area contributed by atoms with Crippen molar-refractivity contribution in [3.8, 4) is 5.75 Å². The molecule has 0 radical (unpaired) electrons. The third-order valence-corrected chi connectivity index (χ3v) is 5.26. The molecule has 1 saturated heterocycles. The van der Waals surface area contributed by atoms with Crippen molar-refractivity contribution in [2.45, 2.75) is 26.0 Å². The Balaban J connectivity index is 1.83. The van der Waals surface area contributed by atoms with Crippen molar-refractivity contribution >= 4 is 17.5 Å². The molecule has 1 fully saturated rings. The molecule has 1 amide bonds. The maximum absolute atomic E-state index is 14.7. The van der Waals surface area contributed by atoms with Crippen LogP contribution in [0.25, 0.3) is 0 Å². The molecule has 1 aliphatic heterocycles. The van der Waals surface area contributed by atoms with Gasteiger partial charge in [0.05, 0.1) is 30.9 Å². The molecule has 3 rings (SSSR count). The fourth-order valence-corrected chi connectivity index (χ4v) is 3.88. The first-order valence-corrected chi connectivity index (χ1v) is 10.2. The Labute approximate surface area is 175 Å². The largest absolute Gasteiger partial charge is 0.493 e. The summed E-state index contributed by atoms with van der Waals surface area (Å²) >= 11 is 6.35. The number of morpholine rings is 1. The second-order valence-corrected chi connectivity index (χ2v) is 7.37. The third kappa shape index (κ3) is 5.26. The number of carbonyl (C=O) groups is 1. The summed E-state index contributed by atoms with van der Waals surface area (Å²) in [6, 6.07) is 11.3. The highest BCUT2D eigenvalue weighted by molar-refractivity contribution is 6.31. The number of carbonyl (C=O) groups excluding carboxylic acids is 1. The van der Waals surface area contributed by atoms with Crippen LogP contribution in [0.5, 0.6) is 5.75 Å². The number of benzene rings is 2. The van der Waals surface area contributed by atoms with Crippen LogP contribution in [0.2, 0.25) is 5.02 Å². The Kier molecular flexibility index (Phi) is 7.47. The van der Waals surface area contributed by atoms with Crippen molar-refractivity contribution in [2.24, 2.45) is 0 Å². The number of nitrogens with one attached hydrogen (secondary N) is 1. The maximum atomic E-state index is 14.7. The number of halogens is 2. The first-order chi connectivity index (χ1) is 14.0. The molecule has 156 valence electrons. The van der Waals surface area contributed by atoms with E-state index in [2.05, 4.69) is 10.2 Å². The van der Waals surface area contributed by atoms with Gasteiger partial charge in [0, 0.05) is 30.2 Å². The van der Waals surface area contributed by atoms with Gasteiger partial charge in [-0.1, -0.05) is 29.8 Å². The van der Waals surface area contributed by atoms with E-state index in [1.807, 2.05) is 19.9 Å². The van der Waals surface area contributed by atoms with E-state index in [4.69, 9.17) is 21.1 Å². The molecule has 2 unspecified atom stereocenters. The topological polar surface area (TPSA) is 50.8 Å². The monoisotopic (exact) mass is 420 g/mol. The molecular formula is C22H26ClFN2O3. The van der Waals surface area contributed by atoms with Gasteiger partial charge in [0.25, 0.3) is 5.91 Å². The fraction of sp³-hybridized carbons (Fsp3) is 0.409. The second kappa shape index (κ2) is 10.1. The second-order valence-electron chi connectivity index (χ2n) is 6.97. The highest BCUT2D eigenvalue weighted by atomic mass is 35.5. The highest BCUT2D eigenvalue weighted by Gasteiger charge is 2.29. The van der Waals surface area contributed by atoms with Crippen LogP contribution < -0.4 is 10.1 Å². The van der Waals surface area contributed by atoms with Crippen molar-refractivity contribution < 1.29 is 18.7 Å². The zero-order chi connectivity index (χ0) is 20.8. The van der Waals surface area contributed by atoms with Crippen LogP contribution in [0, 0.1) is 5.82 Å². The minimum atomic E-state index is -0.404. The molecule has 1 aliphatic rings. The smallest absolute Gasteiger partial charge is 0.255 e. The predicted octanol–water partition coefficient (Wildman–Crippen LogP) is 4.07. The molecule has 1 heterocycles. The summed E-state index contributed by atoms with van der Waals surface area (Å²) < 4.78 is 25.9. The van der Waals surface area contributed by atoms with Gasteiger partial charge in [0.2, 0.25) is 0 Å². The normalized spacial score (nSPS) is 18.3. The molecule has 0 saturated carbocycles. The minimum absolute atomic E-state index is 0.0196. The minimum Gasteiger partial charge on any atom is -0.493 e. The number of hydrogen-bond acceptors (Lipinski definition) is 4. The molecule has 2 atom stereocenters. The fourth-order valence-electron chi connectivity index (χ4n) is 3.59. The molecule has 2 aromatic rings. The Hall–Kier alpha value is -2.15. The molecule has 7 heteroatoms. The lowest BCUT2D eigenvalue weighted by atomic mass is 10.0. The average Bonchev–Trinajstić information content (AvgIpc) is 2.70. The van der Waals surface area contributed by atoms with Crippen LogP contribution in [-0.4, -0.2) is 49.8 Å². The van der Waals surface area contributed by atoms with Gasteiger partial charge in [-0.25, -0.2) is 4.39 Å². The van der Waals surface area contributed by atoms with Crippen LogP contribution in [-0.2, 0) is 4.74 Å². The van der Waals surface area contributed by atoms with E-state index < -0.39 is 6.04 Å². The molecule has 29 heavy (non-hydrogen) atoms. The van der Waals surface area contributed by atoms with E-state index in [-0.39, 0.29) is 24.4 Å². The summed E-state index contributed by atoms with van der Waals surface area (Å²) in [5.74, 6) is -0.133. The first-order valence-electron chi connectivity index (χ1n) is 9.80. The number of nitrogens with zero attached hydrogens (tertiary/aromatic N) is 1. The lowest BCUT2D eigenvalue weighted by Crippen LogP contribution is -2.47. The van der Waals surface area contributed by atoms with Gasteiger partial charge in [-0.3, -0.25) is 9.69 Å². The summed E-state index contributed by atoms with van der Waals surface area (Å²) in [6.45, 7) is 6.32. The van der Waals surface area contributed by atoms with Gasteiger partial charge in [-0.15, -0.1) is 0 Å². The van der Waals surface area contributed by atoms with Crippen LogP contribution in [0.1, 0.15) is 35.8 Å². The highest BCUT2D eigenvalue weighted by Crippen LogP contribution is 2.31. The summed E-state index contributed by atoms with van der Waals surface area (Å²) in [4.78, 5) is 14.9. The SMILES string of the molecule is CCOc1ccccc1C(=O)NCC(c1c(F)cccc1Cl)N1CCOC(C)C1. The predicted molar refractivity (Wildman–Crippen MR) is 111 cm³/mol. The Bertz CT molecular complexity index is 828. The van der Waals surface area contributed by atoms with E-state index in [9.17, 15) is 9.18 Å². The number of rotatable bonds is 7. The Morgan fingerprint density at radius 3 is 2.86 bits per heavy atom. The molecule has 1 N–H and O–H groups in total. The van der Waals surface area contributed by atoms with Crippen molar-refractivity contribution in [2.75, 3.05) is 32.8 Å². The average molecular weight is 421 g/mol. The van der Waals surface area contributed by atoms with E-state index in [0.29, 0.717) is 48.2 Å². The van der Waals surface area contributed by atoms with Gasteiger partial charge in [0.15, 0.2) is 0 Å². The van der Waals surface area contributed by atoms with Gasteiger partial charge in [-0.2, -0.15) is 0 Å². The number of ether oxygens (including phenoxy) is 2. The van der Waals surface area contributed by atoms with Gasteiger partial charge >= 0.3 is 0 Å². The van der Waals surface area contributed by atoms with Crippen LogP contribution in [0.3, 0.4) is 0 Å². The van der Waals surface area contributed by atoms with Crippen molar-refractivity contribution in [1.82, 2.24) is 10.2 Å². The van der Waals surface area contributed by atoms with Crippen LogP contribution in [0.4, 0.5) is 4.39 Å². The van der Waals surface area contributed by atoms with Crippen molar-refractivity contribution in [1.29, 1.82) is 0 Å². The molecule has 0 aliphatic carbocycles. The quantitative estimate of drug-likeness (QED) is 0.733. The summed E-state index contributed by atoms with van der Waals surface area (Å²) in [6.07, 6.45) is 0.0196. The van der Waals surface area contributed by atoms with E-state index >= 15 is 0 Å². The summed E-state index contributed by atoms with van der Waals surface area (Å²) in [5, 5.41) is 3.28. The molecule has 0 bridgehead atoms. The Morgan fingerprint density at radius 1 is 1.34 bits per heavy atom. The van der Waals surface area contributed by atoms with E-state index in [1.54, 1.807) is 30.3 Å². The standard InChI is InChI=1S/C22H26ClFN2O3/c1-3-28-20-10-5-4-7-16(20)22(27)25-13-19(26-11-12-29-15(2)14-26)21-17(23)8-6-9-18(21)24/h4-10,15,19H,3,11-14H2,1-2H3,(H,25,27). The van der Waals surface area contributed by atoms with Gasteiger partial charge < -0.3 is 14.8 Å². The number of amides is 1. The summed E-state index contributed by atoms with van der Waals surface area (Å²) in [7, 11) is 0. The molecular weight excluding hydrogens is 395 g/mol. The molecule has 5 nitrogen and oxygen atoms in total. The number of para-hydroxylation sites is 1. The maximum Gasteiger partial charge on any atom is 0.255 e. The summed E-state index contributed by atoms with van der Waals surface area (Å²) in [5.41, 5.74) is 0.838. The first kappa shape index (κ1) is 21.6. The van der Waals surface area contributed by atoms with E-state index in [1.165, 1.54) is 6.07 Å². The third-order valence-electron chi connectivity index (χ3n) is 4.93.